The van der Waals surface area contributed by atoms with Gasteiger partial charge in [-0.1, -0.05) is 18.2 Å². The van der Waals surface area contributed by atoms with Crippen molar-refractivity contribution in [2.24, 2.45) is 20.5 Å². The first kappa shape index (κ1) is 31.2. The van der Waals surface area contributed by atoms with E-state index in [2.05, 4.69) is 25.8 Å². The van der Waals surface area contributed by atoms with Gasteiger partial charge in [0.15, 0.2) is 5.75 Å². The van der Waals surface area contributed by atoms with E-state index in [1.807, 2.05) is 30.3 Å². The van der Waals surface area contributed by atoms with Crippen LogP contribution in [0.5, 0.6) is 11.5 Å². The fraction of sp³-hybridized carbons (Fsp3) is 0.0667. The number of anilines is 2. The van der Waals surface area contributed by atoms with Gasteiger partial charge in [0.2, 0.25) is 0 Å². The molecule has 0 aliphatic heterocycles. The fourth-order valence-corrected chi connectivity index (χ4v) is 5.46. The van der Waals surface area contributed by atoms with Crippen LogP contribution in [0.2, 0.25) is 0 Å². The summed E-state index contributed by atoms with van der Waals surface area (Å²) >= 11 is 0. The second-order valence-electron chi connectivity index (χ2n) is 9.65. The minimum absolute atomic E-state index is 0.162. The molecule has 0 spiro atoms. The lowest BCUT2D eigenvalue weighted by Crippen LogP contribution is -1.99. The molecule has 5 aromatic carbocycles. The SMILES string of the molecule is COc1cc(/N=N/c2ccc(S(=O)(=O)O)cc2)c(C)cc1/N=N/c1c(S(=O)(=O)O)cc2cc(Nc3ccccc3)ccc2c1O. The van der Waals surface area contributed by atoms with Gasteiger partial charge in [-0.25, -0.2) is 0 Å². The van der Waals surface area contributed by atoms with E-state index in [-0.39, 0.29) is 21.7 Å². The number of para-hydroxylation sites is 1. The number of ether oxygens (including phenoxy) is 1. The molecule has 5 rings (SSSR count). The zero-order valence-corrected chi connectivity index (χ0v) is 25.3. The van der Waals surface area contributed by atoms with E-state index in [0.717, 1.165) is 5.69 Å². The molecule has 0 aliphatic carbocycles. The Bertz CT molecular complexity index is 2190. The molecular formula is C30H25N5O8S2. The lowest BCUT2D eigenvalue weighted by atomic mass is 10.1. The van der Waals surface area contributed by atoms with Crippen LogP contribution in [0.4, 0.5) is 34.1 Å². The highest BCUT2D eigenvalue weighted by Gasteiger charge is 2.22. The number of aromatic hydroxyl groups is 1. The number of phenolic OH excluding ortho intramolecular Hbond substituents is 1. The predicted molar refractivity (Wildman–Crippen MR) is 167 cm³/mol. The molecule has 4 N–H and O–H groups in total. The molecule has 0 radical (unpaired) electrons. The summed E-state index contributed by atoms with van der Waals surface area (Å²) in [6.45, 7) is 1.70. The Morgan fingerprint density at radius 2 is 1.40 bits per heavy atom. The Balaban J connectivity index is 1.49. The predicted octanol–water partition coefficient (Wildman–Crippen LogP) is 7.93. The molecule has 0 saturated heterocycles. The van der Waals surface area contributed by atoms with Crippen molar-refractivity contribution >= 4 is 65.1 Å². The maximum Gasteiger partial charge on any atom is 0.296 e. The minimum Gasteiger partial charge on any atom is -0.505 e. The number of aryl methyl sites for hydroxylation is 1. The smallest absolute Gasteiger partial charge is 0.296 e. The summed E-state index contributed by atoms with van der Waals surface area (Å²) in [7, 11) is -7.81. The van der Waals surface area contributed by atoms with E-state index < -0.39 is 36.6 Å². The topological polar surface area (TPSA) is 200 Å². The number of hydrogen-bond donors (Lipinski definition) is 4. The number of rotatable bonds is 9. The number of benzene rings is 5. The van der Waals surface area contributed by atoms with Crippen molar-refractivity contribution in [3.63, 3.8) is 0 Å². The number of nitrogens with zero attached hydrogens (tertiary/aromatic N) is 4. The third-order valence-electron chi connectivity index (χ3n) is 6.55. The lowest BCUT2D eigenvalue weighted by molar-refractivity contribution is 0.416. The van der Waals surface area contributed by atoms with Gasteiger partial charge in [-0.15, -0.1) is 10.2 Å². The summed E-state index contributed by atoms with van der Waals surface area (Å²) in [5.41, 5.74) is 2.37. The molecule has 0 aromatic heterocycles. The van der Waals surface area contributed by atoms with Crippen LogP contribution in [0.3, 0.4) is 0 Å². The zero-order valence-electron chi connectivity index (χ0n) is 23.6. The Morgan fingerprint density at radius 3 is 2.04 bits per heavy atom. The quantitative estimate of drug-likeness (QED) is 0.0905. The van der Waals surface area contributed by atoms with Crippen LogP contribution >= 0.6 is 0 Å². The van der Waals surface area contributed by atoms with Gasteiger partial charge in [-0.05, 0) is 84.6 Å². The van der Waals surface area contributed by atoms with Crippen LogP contribution in [0.15, 0.2) is 121 Å². The van der Waals surface area contributed by atoms with Gasteiger partial charge in [0, 0.05) is 22.8 Å². The molecular weight excluding hydrogens is 622 g/mol. The second kappa shape index (κ2) is 12.4. The summed E-state index contributed by atoms with van der Waals surface area (Å²) in [5.74, 6) is -0.318. The summed E-state index contributed by atoms with van der Waals surface area (Å²) in [6.07, 6.45) is 0. The van der Waals surface area contributed by atoms with Crippen molar-refractivity contribution in [3.8, 4) is 11.5 Å². The molecule has 0 fully saturated rings. The van der Waals surface area contributed by atoms with Gasteiger partial charge in [-0.3, -0.25) is 9.11 Å². The first-order chi connectivity index (χ1) is 21.3. The molecule has 230 valence electrons. The number of fused-ring (bicyclic) bond motifs is 1. The monoisotopic (exact) mass is 647 g/mol. The van der Waals surface area contributed by atoms with E-state index >= 15 is 0 Å². The first-order valence-corrected chi connectivity index (χ1v) is 15.9. The summed E-state index contributed by atoms with van der Waals surface area (Å²) < 4.78 is 71.7. The van der Waals surface area contributed by atoms with Crippen LogP contribution < -0.4 is 10.1 Å². The highest BCUT2D eigenvalue weighted by molar-refractivity contribution is 7.86. The van der Waals surface area contributed by atoms with Crippen LogP contribution in [0, 0.1) is 6.92 Å². The van der Waals surface area contributed by atoms with Crippen molar-refractivity contribution in [3.05, 3.63) is 96.6 Å². The van der Waals surface area contributed by atoms with Gasteiger partial charge in [-0.2, -0.15) is 27.1 Å². The standard InChI is InChI=1S/C30H25N5O8S2/c1-18-14-26(27(43-2)17-25(18)33-32-21-8-11-23(12-9-21)44(37,38)39)34-35-29-28(45(40,41)42)16-19-15-22(10-13-24(19)30(29)36)31-20-6-4-3-5-7-20/h3-17,31,36H,1-2H3,(H,37,38,39)(H,40,41,42)/b33-32+,35-34+. The average molecular weight is 648 g/mol. The lowest BCUT2D eigenvalue weighted by Gasteiger charge is -2.12. The van der Waals surface area contributed by atoms with Crippen molar-refractivity contribution in [1.29, 1.82) is 0 Å². The van der Waals surface area contributed by atoms with Gasteiger partial charge < -0.3 is 15.2 Å². The van der Waals surface area contributed by atoms with Crippen molar-refractivity contribution in [2.75, 3.05) is 12.4 Å². The maximum atomic E-state index is 12.4. The number of phenols is 1. The summed E-state index contributed by atoms with van der Waals surface area (Å²) in [5, 5.41) is 31.2. The van der Waals surface area contributed by atoms with Crippen LogP contribution in [-0.2, 0) is 20.2 Å². The van der Waals surface area contributed by atoms with Crippen LogP contribution in [0.25, 0.3) is 10.8 Å². The van der Waals surface area contributed by atoms with Crippen LogP contribution in [0.1, 0.15) is 5.56 Å². The molecule has 0 aliphatic rings. The molecule has 13 nitrogen and oxygen atoms in total. The van der Waals surface area contributed by atoms with Gasteiger partial charge in [0.25, 0.3) is 20.2 Å². The fourth-order valence-electron chi connectivity index (χ4n) is 4.32. The number of hydrogen-bond acceptors (Lipinski definition) is 11. The van der Waals surface area contributed by atoms with Crippen molar-refractivity contribution < 1.29 is 35.8 Å². The van der Waals surface area contributed by atoms with Crippen LogP contribution in [-0.4, -0.2) is 38.2 Å². The van der Waals surface area contributed by atoms with Gasteiger partial charge in [0.1, 0.15) is 22.0 Å². The number of azo groups is 2. The number of methoxy groups -OCH3 is 1. The molecule has 15 heteroatoms. The maximum absolute atomic E-state index is 12.4. The largest absolute Gasteiger partial charge is 0.505 e. The van der Waals surface area contributed by atoms with Gasteiger partial charge >= 0.3 is 0 Å². The normalized spacial score (nSPS) is 12.3. The number of nitrogens with one attached hydrogen (secondary N) is 1. The molecule has 0 atom stereocenters. The van der Waals surface area contributed by atoms with E-state index in [1.54, 1.807) is 31.2 Å². The van der Waals surface area contributed by atoms with Gasteiger partial charge in [0.05, 0.1) is 23.4 Å². The minimum atomic E-state index is -4.84. The molecule has 0 bridgehead atoms. The zero-order chi connectivity index (χ0) is 32.4. The Hall–Kier alpha value is -5.22. The molecule has 0 amide bonds. The Labute approximate surface area is 258 Å². The molecule has 5 aromatic rings. The first-order valence-electron chi connectivity index (χ1n) is 13.0. The Morgan fingerprint density at radius 1 is 0.711 bits per heavy atom. The van der Waals surface area contributed by atoms with E-state index in [1.165, 1.54) is 43.5 Å². The molecule has 0 unspecified atom stereocenters. The average Bonchev–Trinajstić information content (AvgIpc) is 2.99. The van der Waals surface area contributed by atoms with E-state index in [0.29, 0.717) is 28.0 Å². The molecule has 0 saturated carbocycles. The highest BCUT2D eigenvalue weighted by Crippen LogP contribution is 2.43. The third kappa shape index (κ3) is 7.13. The van der Waals surface area contributed by atoms with E-state index in [4.69, 9.17) is 9.29 Å². The Kier molecular flexibility index (Phi) is 8.61. The summed E-state index contributed by atoms with van der Waals surface area (Å²) in [6, 6.07) is 23.6. The second-order valence-corrected chi connectivity index (χ2v) is 12.5. The highest BCUT2D eigenvalue weighted by atomic mass is 32.2. The van der Waals surface area contributed by atoms with Crippen molar-refractivity contribution in [1.82, 2.24) is 0 Å². The third-order valence-corrected chi connectivity index (χ3v) is 8.29. The van der Waals surface area contributed by atoms with E-state index in [9.17, 15) is 26.5 Å². The van der Waals surface area contributed by atoms with Crippen molar-refractivity contribution in [2.45, 2.75) is 16.7 Å². The summed E-state index contributed by atoms with van der Waals surface area (Å²) in [4.78, 5) is -0.928. The molecule has 0 heterocycles. The molecule has 45 heavy (non-hydrogen) atoms.